The highest BCUT2D eigenvalue weighted by Crippen LogP contribution is 2.51. The molecule has 0 heterocycles. The number of benzene rings is 1. The Balaban J connectivity index is 2.51. The van der Waals surface area contributed by atoms with Gasteiger partial charge in [0, 0.05) is 0 Å². The monoisotopic (exact) mass is 286 g/mol. The maximum atomic E-state index is 12.4. The highest BCUT2D eigenvalue weighted by Gasteiger charge is 2.29. The molecule has 0 spiro atoms. The van der Waals surface area contributed by atoms with Gasteiger partial charge in [0.25, 0.3) is 0 Å². The van der Waals surface area contributed by atoms with Gasteiger partial charge in [-0.15, -0.1) is 0 Å². The Hall–Kier alpha value is -0.670. The summed E-state index contributed by atoms with van der Waals surface area (Å²) in [6.45, 7) is 7.52. The highest BCUT2D eigenvalue weighted by atomic mass is 31.2. The van der Waals surface area contributed by atoms with Crippen LogP contribution in [0.5, 0.6) is 0 Å². The summed E-state index contributed by atoms with van der Waals surface area (Å²) >= 11 is 0. The molecule has 1 aromatic carbocycles. The van der Waals surface area contributed by atoms with Crippen molar-refractivity contribution >= 4 is 7.82 Å². The zero-order chi connectivity index (χ0) is 14.3. The van der Waals surface area contributed by atoms with E-state index in [2.05, 4.69) is 0 Å². The topological polar surface area (TPSA) is 44.8 Å². The molecule has 0 bridgehead atoms. The molecule has 4 nitrogen and oxygen atoms in total. The van der Waals surface area contributed by atoms with Gasteiger partial charge in [-0.3, -0.25) is 13.6 Å². The van der Waals surface area contributed by atoms with E-state index < -0.39 is 7.82 Å². The molecule has 0 N–H and O–H groups in total. The van der Waals surface area contributed by atoms with Gasteiger partial charge in [-0.25, -0.2) is 4.57 Å². The van der Waals surface area contributed by atoms with Gasteiger partial charge in [-0.2, -0.15) is 0 Å². The maximum absolute atomic E-state index is 12.4. The largest absolute Gasteiger partial charge is 0.475 e. The normalized spacial score (nSPS) is 12.3. The summed E-state index contributed by atoms with van der Waals surface area (Å²) < 4.78 is 28.3. The fourth-order valence-electron chi connectivity index (χ4n) is 1.52. The van der Waals surface area contributed by atoms with Gasteiger partial charge in [0.05, 0.1) is 18.8 Å². The van der Waals surface area contributed by atoms with Crippen molar-refractivity contribution in [2.24, 2.45) is 0 Å². The van der Waals surface area contributed by atoms with Crippen LogP contribution in [0.3, 0.4) is 0 Å². The fraction of sp³-hybridized carbons (Fsp3) is 0.571. The quantitative estimate of drug-likeness (QED) is 0.672. The van der Waals surface area contributed by atoms with Crippen LogP contribution in [0.2, 0.25) is 0 Å². The first-order chi connectivity index (χ1) is 8.91. The van der Waals surface area contributed by atoms with Crippen LogP contribution >= 0.6 is 7.82 Å². The van der Waals surface area contributed by atoms with E-state index in [1.807, 2.05) is 30.3 Å². The Kier molecular flexibility index (Phi) is 6.73. The first-order valence-corrected chi connectivity index (χ1v) is 8.02. The summed E-state index contributed by atoms with van der Waals surface area (Å²) in [4.78, 5) is 0. The van der Waals surface area contributed by atoms with Crippen LogP contribution in [-0.2, 0) is 24.6 Å². The van der Waals surface area contributed by atoms with E-state index in [1.54, 1.807) is 27.7 Å². The highest BCUT2D eigenvalue weighted by molar-refractivity contribution is 7.48. The third kappa shape index (κ3) is 6.88. The zero-order valence-electron chi connectivity index (χ0n) is 12.0. The van der Waals surface area contributed by atoms with Crippen LogP contribution in [0.4, 0.5) is 0 Å². The average molecular weight is 286 g/mol. The van der Waals surface area contributed by atoms with Crippen molar-refractivity contribution in [3.63, 3.8) is 0 Å². The van der Waals surface area contributed by atoms with Crippen molar-refractivity contribution in [1.29, 1.82) is 0 Å². The van der Waals surface area contributed by atoms with Crippen LogP contribution in [-0.4, -0.2) is 18.8 Å². The molecule has 0 aliphatic rings. The third-order valence-electron chi connectivity index (χ3n) is 2.16. The van der Waals surface area contributed by atoms with Gasteiger partial charge in [0.1, 0.15) is 0 Å². The average Bonchev–Trinajstić information content (AvgIpc) is 2.27. The van der Waals surface area contributed by atoms with E-state index in [1.165, 1.54) is 0 Å². The van der Waals surface area contributed by atoms with Crippen molar-refractivity contribution in [2.75, 3.05) is 6.61 Å². The lowest BCUT2D eigenvalue weighted by molar-refractivity contribution is 0.0728. The molecule has 1 rings (SSSR count). The van der Waals surface area contributed by atoms with Crippen molar-refractivity contribution in [1.82, 2.24) is 0 Å². The first-order valence-electron chi connectivity index (χ1n) is 6.56. The summed E-state index contributed by atoms with van der Waals surface area (Å²) in [5.41, 5.74) is 1.13. The molecule has 0 fully saturated rings. The van der Waals surface area contributed by atoms with Crippen LogP contribution in [0.25, 0.3) is 0 Å². The number of hydrogen-bond donors (Lipinski definition) is 0. The lowest BCUT2D eigenvalue weighted by Crippen LogP contribution is -2.11. The molecule has 0 aliphatic carbocycles. The molecule has 0 aromatic heterocycles. The second kappa shape index (κ2) is 7.81. The van der Waals surface area contributed by atoms with E-state index >= 15 is 0 Å². The Morgan fingerprint density at radius 2 is 1.53 bits per heavy atom. The van der Waals surface area contributed by atoms with Gasteiger partial charge in [-0.1, -0.05) is 30.3 Å². The van der Waals surface area contributed by atoms with Gasteiger partial charge in [0.2, 0.25) is 0 Å². The van der Waals surface area contributed by atoms with Gasteiger partial charge in [0.15, 0.2) is 0 Å². The number of rotatable bonds is 8. The first kappa shape index (κ1) is 16.4. The van der Waals surface area contributed by atoms with Crippen molar-refractivity contribution in [2.45, 2.75) is 46.3 Å². The Morgan fingerprint density at radius 1 is 1.00 bits per heavy atom. The van der Waals surface area contributed by atoms with E-state index in [4.69, 9.17) is 13.6 Å². The minimum atomic E-state index is -3.47. The Bertz CT molecular complexity index is 389. The summed E-state index contributed by atoms with van der Waals surface area (Å²) in [5.74, 6) is 0. The molecule has 108 valence electrons. The minimum Gasteiger partial charge on any atom is -0.287 e. The van der Waals surface area contributed by atoms with Crippen molar-refractivity contribution in [3.8, 4) is 0 Å². The second-order valence-corrected chi connectivity index (χ2v) is 6.40. The molecule has 0 unspecified atom stereocenters. The molecule has 0 radical (unpaired) electrons. The molecule has 0 aliphatic heterocycles. The van der Waals surface area contributed by atoms with Crippen LogP contribution in [0.1, 0.15) is 33.3 Å². The van der Waals surface area contributed by atoms with E-state index in [-0.39, 0.29) is 12.2 Å². The Labute approximate surface area is 115 Å². The van der Waals surface area contributed by atoms with Crippen molar-refractivity contribution in [3.05, 3.63) is 35.9 Å². The molecule has 0 saturated carbocycles. The molecular formula is C14H23O4P. The Morgan fingerprint density at radius 3 is 2.00 bits per heavy atom. The lowest BCUT2D eigenvalue weighted by Gasteiger charge is -2.21. The van der Waals surface area contributed by atoms with E-state index in [9.17, 15) is 4.57 Å². The van der Waals surface area contributed by atoms with Crippen molar-refractivity contribution < 1.29 is 18.1 Å². The number of hydrogen-bond acceptors (Lipinski definition) is 4. The lowest BCUT2D eigenvalue weighted by atomic mass is 10.2. The molecule has 5 heteroatoms. The smallest absolute Gasteiger partial charge is 0.287 e. The van der Waals surface area contributed by atoms with Crippen LogP contribution in [0.15, 0.2) is 30.3 Å². The summed E-state index contributed by atoms with van der Waals surface area (Å²) in [7, 11) is -3.47. The number of phosphoric acid groups is 1. The zero-order valence-corrected chi connectivity index (χ0v) is 12.9. The molecule has 1 aromatic rings. The van der Waals surface area contributed by atoms with Crippen LogP contribution < -0.4 is 0 Å². The number of phosphoric ester groups is 1. The van der Waals surface area contributed by atoms with Gasteiger partial charge < -0.3 is 0 Å². The van der Waals surface area contributed by atoms with E-state index in [0.717, 1.165) is 5.56 Å². The molecular weight excluding hydrogens is 263 g/mol. The predicted molar refractivity (Wildman–Crippen MR) is 76.1 cm³/mol. The van der Waals surface area contributed by atoms with Crippen LogP contribution in [0, 0.1) is 0 Å². The minimum absolute atomic E-state index is 0.207. The molecule has 0 saturated heterocycles. The molecule has 0 amide bonds. The van der Waals surface area contributed by atoms with Gasteiger partial charge in [-0.05, 0) is 39.7 Å². The maximum Gasteiger partial charge on any atom is 0.475 e. The van der Waals surface area contributed by atoms with E-state index in [0.29, 0.717) is 13.0 Å². The predicted octanol–water partition coefficient (Wildman–Crippen LogP) is 4.20. The fourth-order valence-corrected chi connectivity index (χ4v) is 3.04. The summed E-state index contributed by atoms with van der Waals surface area (Å²) in [6, 6.07) is 9.88. The second-order valence-electron chi connectivity index (χ2n) is 4.82. The SMILES string of the molecule is CC(C)OP(=O)(OCCc1ccccc1)OC(C)C. The standard InChI is InChI=1S/C14H23O4P/c1-12(2)17-19(15,18-13(3)4)16-11-10-14-8-6-5-7-9-14/h5-9,12-13H,10-11H2,1-4H3. The molecule has 19 heavy (non-hydrogen) atoms. The van der Waals surface area contributed by atoms with Gasteiger partial charge >= 0.3 is 7.82 Å². The molecule has 0 atom stereocenters. The summed E-state index contributed by atoms with van der Waals surface area (Å²) in [5, 5.41) is 0. The summed E-state index contributed by atoms with van der Waals surface area (Å²) in [6.07, 6.45) is 0.260. The third-order valence-corrected chi connectivity index (χ3v) is 4.02.